The third-order valence-electron chi connectivity index (χ3n) is 6.05. The number of nitrogens with zero attached hydrogens (tertiary/aromatic N) is 1. The van der Waals surface area contributed by atoms with Gasteiger partial charge in [0.1, 0.15) is 11.5 Å². The number of sulfonamides is 1. The van der Waals surface area contributed by atoms with Crippen LogP contribution in [0.1, 0.15) is 27.0 Å². The summed E-state index contributed by atoms with van der Waals surface area (Å²) < 4.78 is 37.8. The highest BCUT2D eigenvalue weighted by Gasteiger charge is 2.20. The second-order valence-corrected chi connectivity index (χ2v) is 11.5. The van der Waals surface area contributed by atoms with Gasteiger partial charge < -0.3 is 14.8 Å². The predicted molar refractivity (Wildman–Crippen MR) is 156 cm³/mol. The lowest BCUT2D eigenvalue weighted by atomic mass is 10.1. The third kappa shape index (κ3) is 7.10. The maximum atomic E-state index is 13.1. The SMILES string of the molecule is COc1ccc(Oc2ccc(Cl)cc2NC(=O)c2ccc(CN(c3cc(C)ccc3C)S(C)(=O)=O)cc2)cc1. The molecule has 9 heteroatoms. The van der Waals surface area contributed by atoms with Crippen molar-refractivity contribution in [3.8, 4) is 17.2 Å². The van der Waals surface area contributed by atoms with Crippen molar-refractivity contribution in [1.29, 1.82) is 0 Å². The van der Waals surface area contributed by atoms with Crippen molar-refractivity contribution in [3.05, 3.63) is 112 Å². The van der Waals surface area contributed by atoms with Gasteiger partial charge in [-0.3, -0.25) is 9.10 Å². The fourth-order valence-electron chi connectivity index (χ4n) is 3.95. The number of amides is 1. The van der Waals surface area contributed by atoms with E-state index in [4.69, 9.17) is 21.1 Å². The summed E-state index contributed by atoms with van der Waals surface area (Å²) in [6.07, 6.45) is 1.19. The minimum atomic E-state index is -3.54. The molecule has 0 aliphatic heterocycles. The summed E-state index contributed by atoms with van der Waals surface area (Å²) in [5, 5.41) is 3.29. The Morgan fingerprint density at radius 2 is 1.56 bits per heavy atom. The zero-order valence-electron chi connectivity index (χ0n) is 22.1. The molecule has 0 saturated carbocycles. The largest absolute Gasteiger partial charge is 0.497 e. The fourth-order valence-corrected chi connectivity index (χ4v) is 5.06. The van der Waals surface area contributed by atoms with Crippen LogP contribution >= 0.6 is 11.6 Å². The summed E-state index contributed by atoms with van der Waals surface area (Å²) in [6.45, 7) is 3.94. The maximum Gasteiger partial charge on any atom is 0.255 e. The summed E-state index contributed by atoms with van der Waals surface area (Å²) in [6, 6.07) is 24.5. The molecule has 0 unspecified atom stereocenters. The molecule has 0 spiro atoms. The second-order valence-electron chi connectivity index (χ2n) is 9.13. The van der Waals surface area contributed by atoms with Crippen LogP contribution in [0.25, 0.3) is 0 Å². The molecule has 0 radical (unpaired) electrons. The lowest BCUT2D eigenvalue weighted by Gasteiger charge is -2.25. The monoisotopic (exact) mass is 564 g/mol. The van der Waals surface area contributed by atoms with Crippen LogP contribution in [-0.2, 0) is 16.6 Å². The molecule has 0 aromatic heterocycles. The van der Waals surface area contributed by atoms with Gasteiger partial charge in [0, 0.05) is 10.6 Å². The molecule has 0 heterocycles. The van der Waals surface area contributed by atoms with Crippen LogP contribution in [0.2, 0.25) is 5.02 Å². The number of carbonyl (C=O) groups is 1. The number of hydrogen-bond acceptors (Lipinski definition) is 5. The van der Waals surface area contributed by atoms with Gasteiger partial charge in [0.25, 0.3) is 5.91 Å². The van der Waals surface area contributed by atoms with Crippen LogP contribution < -0.4 is 19.1 Å². The van der Waals surface area contributed by atoms with E-state index < -0.39 is 10.0 Å². The maximum absolute atomic E-state index is 13.1. The van der Waals surface area contributed by atoms with Gasteiger partial charge in [0.2, 0.25) is 10.0 Å². The number of carbonyl (C=O) groups excluding carboxylic acids is 1. The summed E-state index contributed by atoms with van der Waals surface area (Å²) in [4.78, 5) is 13.1. The number of methoxy groups -OCH3 is 1. The molecular weight excluding hydrogens is 536 g/mol. The van der Waals surface area contributed by atoms with E-state index in [0.717, 1.165) is 16.7 Å². The highest BCUT2D eigenvalue weighted by molar-refractivity contribution is 7.92. The van der Waals surface area contributed by atoms with Crippen LogP contribution in [0.15, 0.2) is 84.9 Å². The van der Waals surface area contributed by atoms with Crippen molar-refractivity contribution in [3.63, 3.8) is 0 Å². The fraction of sp³-hybridized carbons (Fsp3) is 0.167. The van der Waals surface area contributed by atoms with Crippen LogP contribution in [0.4, 0.5) is 11.4 Å². The van der Waals surface area contributed by atoms with E-state index in [0.29, 0.717) is 39.2 Å². The Morgan fingerprint density at radius 3 is 2.21 bits per heavy atom. The van der Waals surface area contributed by atoms with Crippen LogP contribution in [-0.4, -0.2) is 27.7 Å². The molecule has 4 aromatic rings. The number of ether oxygens (including phenoxy) is 2. The van der Waals surface area contributed by atoms with E-state index in [-0.39, 0.29) is 12.5 Å². The molecule has 0 atom stereocenters. The number of aryl methyl sites for hydroxylation is 2. The normalized spacial score (nSPS) is 11.1. The Kier molecular flexibility index (Phi) is 8.47. The summed E-state index contributed by atoms with van der Waals surface area (Å²) in [5.74, 6) is 1.33. The molecule has 0 bridgehead atoms. The van der Waals surface area contributed by atoms with Crippen LogP contribution in [0.5, 0.6) is 17.2 Å². The molecular formula is C30H29ClN2O5S. The number of nitrogens with one attached hydrogen (secondary N) is 1. The van der Waals surface area contributed by atoms with Gasteiger partial charge >= 0.3 is 0 Å². The second kappa shape index (κ2) is 11.8. The Hall–Kier alpha value is -4.01. The minimum Gasteiger partial charge on any atom is -0.497 e. The molecule has 7 nitrogen and oxygen atoms in total. The molecule has 0 fully saturated rings. The predicted octanol–water partition coefficient (Wildman–Crippen LogP) is 6.98. The molecule has 39 heavy (non-hydrogen) atoms. The molecule has 4 aromatic carbocycles. The topological polar surface area (TPSA) is 84.9 Å². The number of hydrogen-bond donors (Lipinski definition) is 1. The lowest BCUT2D eigenvalue weighted by molar-refractivity contribution is 0.102. The van der Waals surface area contributed by atoms with E-state index in [2.05, 4.69) is 5.32 Å². The average Bonchev–Trinajstić information content (AvgIpc) is 2.90. The van der Waals surface area contributed by atoms with Gasteiger partial charge in [-0.2, -0.15) is 0 Å². The molecule has 1 N–H and O–H groups in total. The Morgan fingerprint density at radius 1 is 0.897 bits per heavy atom. The zero-order valence-corrected chi connectivity index (χ0v) is 23.6. The van der Waals surface area contributed by atoms with Gasteiger partial charge in [-0.25, -0.2) is 8.42 Å². The highest BCUT2D eigenvalue weighted by atomic mass is 35.5. The molecule has 1 amide bonds. The van der Waals surface area contributed by atoms with E-state index in [1.54, 1.807) is 73.8 Å². The molecule has 0 aliphatic carbocycles. The first-order valence-corrected chi connectivity index (χ1v) is 14.3. The van der Waals surface area contributed by atoms with Gasteiger partial charge in [0.15, 0.2) is 5.75 Å². The van der Waals surface area contributed by atoms with E-state index in [1.165, 1.54) is 10.6 Å². The van der Waals surface area contributed by atoms with E-state index in [1.807, 2.05) is 32.0 Å². The zero-order chi connectivity index (χ0) is 28.2. The van der Waals surface area contributed by atoms with Crippen molar-refractivity contribution >= 4 is 38.9 Å². The molecule has 4 rings (SSSR count). The Bertz CT molecular complexity index is 1590. The Labute approximate surface area is 234 Å². The van der Waals surface area contributed by atoms with Crippen molar-refractivity contribution in [2.45, 2.75) is 20.4 Å². The number of anilines is 2. The van der Waals surface area contributed by atoms with Crippen LogP contribution in [0.3, 0.4) is 0 Å². The summed E-state index contributed by atoms with van der Waals surface area (Å²) in [7, 11) is -1.96. The lowest BCUT2D eigenvalue weighted by Crippen LogP contribution is -2.30. The van der Waals surface area contributed by atoms with Crippen LogP contribution in [0, 0.1) is 13.8 Å². The quantitative estimate of drug-likeness (QED) is 0.237. The smallest absolute Gasteiger partial charge is 0.255 e. The van der Waals surface area contributed by atoms with Crippen molar-refractivity contribution < 1.29 is 22.7 Å². The Balaban J connectivity index is 1.52. The summed E-state index contributed by atoms with van der Waals surface area (Å²) in [5.41, 5.74) is 4.00. The highest BCUT2D eigenvalue weighted by Crippen LogP contribution is 2.33. The van der Waals surface area contributed by atoms with Gasteiger partial charge in [-0.1, -0.05) is 35.9 Å². The number of halogens is 1. The first-order chi connectivity index (χ1) is 18.5. The molecule has 0 saturated heterocycles. The molecule has 202 valence electrons. The number of benzene rings is 4. The van der Waals surface area contributed by atoms with Crippen molar-refractivity contribution in [2.75, 3.05) is 23.0 Å². The van der Waals surface area contributed by atoms with Gasteiger partial charge in [-0.15, -0.1) is 0 Å². The molecule has 0 aliphatic rings. The first-order valence-electron chi connectivity index (χ1n) is 12.1. The number of rotatable bonds is 9. The third-order valence-corrected chi connectivity index (χ3v) is 7.41. The summed E-state index contributed by atoms with van der Waals surface area (Å²) >= 11 is 6.19. The van der Waals surface area contributed by atoms with Gasteiger partial charge in [-0.05, 0) is 91.2 Å². The van der Waals surface area contributed by atoms with Gasteiger partial charge in [0.05, 0.1) is 31.3 Å². The average molecular weight is 565 g/mol. The van der Waals surface area contributed by atoms with E-state index >= 15 is 0 Å². The van der Waals surface area contributed by atoms with E-state index in [9.17, 15) is 13.2 Å². The first kappa shape index (κ1) is 28.0. The van der Waals surface area contributed by atoms with Crippen molar-refractivity contribution in [1.82, 2.24) is 0 Å². The standard InChI is InChI=1S/C30H29ClN2O5S/c1-20-5-6-21(2)28(17-20)33(39(4,35)36)19-22-7-9-23(10-8-22)30(34)32-27-18-24(31)11-16-29(27)38-26-14-12-25(37-3)13-15-26/h5-18H,19H2,1-4H3,(H,32,34). The minimum absolute atomic E-state index is 0.138. The van der Waals surface area contributed by atoms with Crippen molar-refractivity contribution in [2.24, 2.45) is 0 Å².